The number of thiophene rings is 1. The standard InChI is InChI=1S/C27H29N5S/c1-2-7-14-23-21(12-6-1)24-26(29-25(30-27(24)33-23)22-13-8-9-15-28-22)32-18-16-31(17-19-32)20-10-4-3-5-11-20/h3-5,8-11,13,15H,1-2,6-7,12,14,16-19H2. The molecule has 0 spiro atoms. The maximum Gasteiger partial charge on any atom is 0.181 e. The van der Waals surface area contributed by atoms with Gasteiger partial charge in [-0.15, -0.1) is 11.3 Å². The molecule has 5 nitrogen and oxygen atoms in total. The predicted octanol–water partition coefficient (Wildman–Crippen LogP) is 5.74. The molecule has 33 heavy (non-hydrogen) atoms. The highest BCUT2D eigenvalue weighted by atomic mass is 32.1. The van der Waals surface area contributed by atoms with Crippen LogP contribution in [0.5, 0.6) is 0 Å². The lowest BCUT2D eigenvalue weighted by Gasteiger charge is -2.37. The van der Waals surface area contributed by atoms with Gasteiger partial charge in [-0.3, -0.25) is 4.98 Å². The van der Waals surface area contributed by atoms with Gasteiger partial charge in [-0.2, -0.15) is 0 Å². The maximum absolute atomic E-state index is 5.17. The van der Waals surface area contributed by atoms with Crippen molar-refractivity contribution in [3.05, 3.63) is 65.2 Å². The van der Waals surface area contributed by atoms with Crippen molar-refractivity contribution in [1.29, 1.82) is 0 Å². The Balaban J connectivity index is 1.41. The lowest BCUT2D eigenvalue weighted by atomic mass is 9.97. The first-order chi connectivity index (χ1) is 16.4. The van der Waals surface area contributed by atoms with Gasteiger partial charge in [0.2, 0.25) is 0 Å². The number of pyridine rings is 1. The summed E-state index contributed by atoms with van der Waals surface area (Å²) in [5.41, 5.74) is 3.67. The molecule has 1 aliphatic heterocycles. The largest absolute Gasteiger partial charge is 0.368 e. The number of fused-ring (bicyclic) bond motifs is 3. The van der Waals surface area contributed by atoms with Crippen LogP contribution in [0, 0.1) is 0 Å². The Morgan fingerprint density at radius 2 is 1.48 bits per heavy atom. The summed E-state index contributed by atoms with van der Waals surface area (Å²) in [5, 5.41) is 1.31. The molecule has 0 radical (unpaired) electrons. The van der Waals surface area contributed by atoms with Crippen molar-refractivity contribution in [3.63, 3.8) is 0 Å². The number of aryl methyl sites for hydroxylation is 2. The third-order valence-electron chi connectivity index (χ3n) is 6.89. The molecule has 0 N–H and O–H groups in total. The zero-order chi connectivity index (χ0) is 22.0. The van der Waals surface area contributed by atoms with Gasteiger partial charge in [0.15, 0.2) is 5.82 Å². The van der Waals surface area contributed by atoms with Crippen LogP contribution in [0.2, 0.25) is 0 Å². The van der Waals surface area contributed by atoms with E-state index in [9.17, 15) is 0 Å². The SMILES string of the molecule is c1ccc(N2CCN(c3nc(-c4ccccn4)nc4sc5c(c34)CCCCCC5)CC2)cc1. The minimum absolute atomic E-state index is 0.748. The molecule has 0 atom stereocenters. The van der Waals surface area contributed by atoms with Gasteiger partial charge in [-0.1, -0.05) is 37.1 Å². The van der Waals surface area contributed by atoms with E-state index in [1.165, 1.54) is 53.6 Å². The van der Waals surface area contributed by atoms with Crippen LogP contribution in [-0.4, -0.2) is 41.1 Å². The van der Waals surface area contributed by atoms with E-state index in [4.69, 9.17) is 9.97 Å². The molecular weight excluding hydrogens is 426 g/mol. The zero-order valence-corrected chi connectivity index (χ0v) is 19.7. The smallest absolute Gasteiger partial charge is 0.181 e. The van der Waals surface area contributed by atoms with E-state index >= 15 is 0 Å². The molecule has 0 saturated carbocycles. The number of benzene rings is 1. The molecule has 6 rings (SSSR count). The zero-order valence-electron chi connectivity index (χ0n) is 18.9. The highest BCUT2D eigenvalue weighted by Gasteiger charge is 2.26. The van der Waals surface area contributed by atoms with E-state index < -0.39 is 0 Å². The molecule has 168 valence electrons. The normalized spacial score (nSPS) is 17.0. The molecule has 1 aliphatic carbocycles. The topological polar surface area (TPSA) is 45.2 Å². The van der Waals surface area contributed by atoms with Crippen LogP contribution in [0.4, 0.5) is 11.5 Å². The Morgan fingerprint density at radius 3 is 2.27 bits per heavy atom. The molecule has 4 heterocycles. The molecule has 1 fully saturated rings. The van der Waals surface area contributed by atoms with Gasteiger partial charge in [-0.25, -0.2) is 9.97 Å². The quantitative estimate of drug-likeness (QED) is 0.394. The fourth-order valence-corrected chi connectivity index (χ4v) is 6.40. The second kappa shape index (κ2) is 9.10. The molecule has 2 aliphatic rings. The average molecular weight is 456 g/mol. The molecular formula is C27H29N5S. The number of hydrogen-bond acceptors (Lipinski definition) is 6. The minimum Gasteiger partial charge on any atom is -0.368 e. The van der Waals surface area contributed by atoms with Gasteiger partial charge >= 0.3 is 0 Å². The molecule has 4 aromatic rings. The number of hydrogen-bond donors (Lipinski definition) is 0. The number of aromatic nitrogens is 3. The van der Waals surface area contributed by atoms with Crippen LogP contribution in [0.15, 0.2) is 54.7 Å². The second-order valence-electron chi connectivity index (χ2n) is 8.99. The number of rotatable bonds is 3. The van der Waals surface area contributed by atoms with Gasteiger partial charge in [0.05, 0.1) is 5.39 Å². The van der Waals surface area contributed by atoms with Gasteiger partial charge in [0.25, 0.3) is 0 Å². The third kappa shape index (κ3) is 4.08. The third-order valence-corrected chi connectivity index (χ3v) is 8.08. The lowest BCUT2D eigenvalue weighted by Crippen LogP contribution is -2.47. The van der Waals surface area contributed by atoms with Crippen molar-refractivity contribution in [2.45, 2.75) is 38.5 Å². The summed E-state index contributed by atoms with van der Waals surface area (Å²) in [6.07, 6.45) is 9.37. The Hall–Kier alpha value is -2.99. The van der Waals surface area contributed by atoms with Crippen molar-refractivity contribution in [2.75, 3.05) is 36.0 Å². The molecule has 0 amide bonds. The highest BCUT2D eigenvalue weighted by molar-refractivity contribution is 7.19. The van der Waals surface area contributed by atoms with Crippen LogP contribution >= 0.6 is 11.3 Å². The number of nitrogens with zero attached hydrogens (tertiary/aromatic N) is 5. The van der Waals surface area contributed by atoms with E-state index in [1.54, 1.807) is 0 Å². The fourth-order valence-electron chi connectivity index (χ4n) is 5.15. The van der Waals surface area contributed by atoms with Crippen LogP contribution < -0.4 is 9.80 Å². The summed E-state index contributed by atoms with van der Waals surface area (Å²) in [7, 11) is 0. The Morgan fingerprint density at radius 1 is 0.727 bits per heavy atom. The van der Waals surface area contributed by atoms with Gasteiger partial charge in [0.1, 0.15) is 16.3 Å². The Labute approximate surface area is 199 Å². The first kappa shape index (κ1) is 20.6. The first-order valence-electron chi connectivity index (χ1n) is 12.2. The van der Waals surface area contributed by atoms with Crippen molar-refractivity contribution in [1.82, 2.24) is 15.0 Å². The molecule has 0 bridgehead atoms. The molecule has 1 aromatic carbocycles. The number of para-hydroxylation sites is 1. The van der Waals surface area contributed by atoms with Crippen LogP contribution in [0.3, 0.4) is 0 Å². The van der Waals surface area contributed by atoms with Crippen LogP contribution in [0.25, 0.3) is 21.7 Å². The lowest BCUT2D eigenvalue weighted by molar-refractivity contribution is 0.623. The summed E-state index contributed by atoms with van der Waals surface area (Å²) in [6.45, 7) is 3.93. The van der Waals surface area contributed by atoms with Crippen molar-refractivity contribution in [3.8, 4) is 11.5 Å². The predicted molar refractivity (Wildman–Crippen MR) is 137 cm³/mol. The Bertz CT molecular complexity index is 1230. The summed E-state index contributed by atoms with van der Waals surface area (Å²) in [6, 6.07) is 16.7. The second-order valence-corrected chi connectivity index (χ2v) is 10.1. The van der Waals surface area contributed by atoms with Crippen molar-refractivity contribution in [2.24, 2.45) is 0 Å². The van der Waals surface area contributed by atoms with E-state index in [-0.39, 0.29) is 0 Å². The van der Waals surface area contributed by atoms with Gasteiger partial charge in [0, 0.05) is 42.9 Å². The van der Waals surface area contributed by atoms with E-state index in [0.29, 0.717) is 0 Å². The number of piperazine rings is 1. The van der Waals surface area contributed by atoms with E-state index in [0.717, 1.165) is 54.8 Å². The van der Waals surface area contributed by atoms with Crippen molar-refractivity contribution < 1.29 is 0 Å². The molecule has 3 aromatic heterocycles. The summed E-state index contributed by atoms with van der Waals surface area (Å²) in [5.74, 6) is 1.87. The van der Waals surface area contributed by atoms with E-state index in [2.05, 4.69) is 45.1 Å². The maximum atomic E-state index is 5.17. The van der Waals surface area contributed by atoms with Gasteiger partial charge in [-0.05, 0) is 55.5 Å². The average Bonchev–Trinajstić information content (AvgIpc) is 3.21. The highest BCUT2D eigenvalue weighted by Crippen LogP contribution is 2.40. The molecule has 6 heteroatoms. The van der Waals surface area contributed by atoms with Gasteiger partial charge < -0.3 is 9.80 Å². The fraction of sp³-hybridized carbons (Fsp3) is 0.370. The monoisotopic (exact) mass is 455 g/mol. The summed E-state index contributed by atoms with van der Waals surface area (Å²) in [4.78, 5) is 22.4. The van der Waals surface area contributed by atoms with Crippen molar-refractivity contribution >= 4 is 33.1 Å². The molecule has 0 unspecified atom stereocenters. The summed E-state index contributed by atoms with van der Waals surface area (Å²) >= 11 is 1.89. The number of anilines is 2. The minimum atomic E-state index is 0.748. The van der Waals surface area contributed by atoms with Crippen LogP contribution in [0.1, 0.15) is 36.1 Å². The molecule has 1 saturated heterocycles. The van der Waals surface area contributed by atoms with Crippen LogP contribution in [-0.2, 0) is 12.8 Å². The first-order valence-corrected chi connectivity index (χ1v) is 13.0. The summed E-state index contributed by atoms with van der Waals surface area (Å²) < 4.78 is 0. The van der Waals surface area contributed by atoms with E-state index in [1.807, 2.05) is 35.7 Å². The Kier molecular flexibility index (Phi) is 5.68.